The van der Waals surface area contributed by atoms with E-state index in [-0.39, 0.29) is 18.8 Å². The summed E-state index contributed by atoms with van der Waals surface area (Å²) in [6, 6.07) is 9.66. The predicted molar refractivity (Wildman–Crippen MR) is 94.2 cm³/mol. The van der Waals surface area contributed by atoms with Gasteiger partial charge >= 0.3 is 5.97 Å². The van der Waals surface area contributed by atoms with E-state index in [1.807, 2.05) is 38.1 Å². The van der Waals surface area contributed by atoms with Gasteiger partial charge in [-0.05, 0) is 50.5 Å². The molecule has 25 heavy (non-hydrogen) atoms. The molecule has 1 saturated carbocycles. The maximum atomic E-state index is 12.4. The standard InChI is InChI=1S/C20H23NO4/c1-13-9-18(14(2)21(13)16-7-8-16)19(22)12-25-20(23)11-15-5-4-6-17(10-15)24-3/h4-6,9-10,16H,7-8,11-12H2,1-3H3. The summed E-state index contributed by atoms with van der Waals surface area (Å²) in [6.45, 7) is 3.74. The zero-order chi connectivity index (χ0) is 18.0. The quantitative estimate of drug-likeness (QED) is 0.572. The number of nitrogens with zero attached hydrogens (tertiary/aromatic N) is 1. The Bertz CT molecular complexity index is 802. The lowest BCUT2D eigenvalue weighted by molar-refractivity contribution is -0.141. The van der Waals surface area contributed by atoms with Crippen molar-refractivity contribution in [2.45, 2.75) is 39.2 Å². The van der Waals surface area contributed by atoms with Crippen LogP contribution in [-0.4, -0.2) is 30.0 Å². The smallest absolute Gasteiger partial charge is 0.310 e. The van der Waals surface area contributed by atoms with Crippen molar-refractivity contribution in [2.75, 3.05) is 13.7 Å². The monoisotopic (exact) mass is 341 g/mol. The Morgan fingerprint density at radius 3 is 2.64 bits per heavy atom. The molecule has 5 heteroatoms. The van der Waals surface area contributed by atoms with Crippen molar-refractivity contribution in [3.63, 3.8) is 0 Å². The molecule has 132 valence electrons. The number of methoxy groups -OCH3 is 1. The zero-order valence-electron chi connectivity index (χ0n) is 14.9. The summed E-state index contributed by atoms with van der Waals surface area (Å²) >= 11 is 0. The molecule has 0 unspecified atom stereocenters. The SMILES string of the molecule is COc1cccc(CC(=O)OCC(=O)c2cc(C)n(C3CC3)c2C)c1. The van der Waals surface area contributed by atoms with Crippen LogP contribution in [0.4, 0.5) is 0 Å². The number of esters is 1. The van der Waals surface area contributed by atoms with E-state index < -0.39 is 5.97 Å². The fourth-order valence-electron chi connectivity index (χ4n) is 3.18. The molecule has 3 rings (SSSR count). The number of aryl methyl sites for hydroxylation is 1. The summed E-state index contributed by atoms with van der Waals surface area (Å²) in [5, 5.41) is 0. The molecule has 0 spiro atoms. The van der Waals surface area contributed by atoms with Gasteiger partial charge in [-0.3, -0.25) is 9.59 Å². The summed E-state index contributed by atoms with van der Waals surface area (Å²) in [4.78, 5) is 24.4. The van der Waals surface area contributed by atoms with E-state index in [0.29, 0.717) is 17.4 Å². The normalized spacial score (nSPS) is 13.6. The van der Waals surface area contributed by atoms with E-state index >= 15 is 0 Å². The van der Waals surface area contributed by atoms with Gasteiger partial charge in [-0.2, -0.15) is 0 Å². The Hall–Kier alpha value is -2.56. The Balaban J connectivity index is 1.58. The number of Topliss-reactive ketones (excluding diaryl/α,β-unsaturated/α-hetero) is 1. The average molecular weight is 341 g/mol. The molecule has 1 aliphatic rings. The van der Waals surface area contributed by atoms with Crippen LogP contribution in [0.1, 0.15) is 46.2 Å². The number of aromatic nitrogens is 1. The summed E-state index contributed by atoms with van der Waals surface area (Å²) in [5.41, 5.74) is 3.50. The summed E-state index contributed by atoms with van der Waals surface area (Å²) in [5.74, 6) is 0.116. The number of ketones is 1. The first kappa shape index (κ1) is 17.3. The third-order valence-corrected chi connectivity index (χ3v) is 4.54. The van der Waals surface area contributed by atoms with Gasteiger partial charge < -0.3 is 14.0 Å². The minimum Gasteiger partial charge on any atom is -0.497 e. The number of carbonyl (C=O) groups excluding carboxylic acids is 2. The molecule has 1 heterocycles. The summed E-state index contributed by atoms with van der Waals surface area (Å²) < 4.78 is 12.5. The van der Waals surface area contributed by atoms with Crippen LogP contribution in [0.25, 0.3) is 0 Å². The molecule has 0 aliphatic heterocycles. The van der Waals surface area contributed by atoms with Crippen molar-refractivity contribution in [3.05, 3.63) is 52.8 Å². The highest BCUT2D eigenvalue weighted by molar-refractivity contribution is 5.99. The summed E-state index contributed by atoms with van der Waals surface area (Å²) in [7, 11) is 1.58. The van der Waals surface area contributed by atoms with Crippen LogP contribution < -0.4 is 4.74 Å². The highest BCUT2D eigenvalue weighted by Crippen LogP contribution is 2.38. The van der Waals surface area contributed by atoms with Gasteiger partial charge in [0, 0.05) is 23.0 Å². The number of hydrogen-bond acceptors (Lipinski definition) is 4. The molecule has 0 saturated heterocycles. The maximum Gasteiger partial charge on any atom is 0.310 e. The van der Waals surface area contributed by atoms with Gasteiger partial charge in [-0.1, -0.05) is 12.1 Å². The molecule has 2 aromatic rings. The van der Waals surface area contributed by atoms with Crippen LogP contribution in [-0.2, 0) is 16.0 Å². The minimum absolute atomic E-state index is 0.117. The molecular formula is C20H23NO4. The molecule has 1 aromatic heterocycles. The number of benzene rings is 1. The lowest BCUT2D eigenvalue weighted by atomic mass is 10.1. The molecule has 0 radical (unpaired) electrons. The fraction of sp³-hybridized carbons (Fsp3) is 0.400. The van der Waals surface area contributed by atoms with Crippen LogP contribution in [0.5, 0.6) is 5.75 Å². The first-order chi connectivity index (χ1) is 12.0. The topological polar surface area (TPSA) is 57.5 Å². The van der Waals surface area contributed by atoms with Crippen molar-refractivity contribution in [1.82, 2.24) is 4.57 Å². The largest absolute Gasteiger partial charge is 0.497 e. The van der Waals surface area contributed by atoms with Crippen LogP contribution in [0.2, 0.25) is 0 Å². The van der Waals surface area contributed by atoms with Gasteiger partial charge in [-0.25, -0.2) is 0 Å². The van der Waals surface area contributed by atoms with E-state index in [1.165, 1.54) is 12.8 Å². The number of ether oxygens (including phenoxy) is 2. The second kappa shape index (κ2) is 7.13. The Morgan fingerprint density at radius 2 is 1.96 bits per heavy atom. The van der Waals surface area contributed by atoms with E-state index in [1.54, 1.807) is 13.2 Å². The van der Waals surface area contributed by atoms with E-state index in [9.17, 15) is 9.59 Å². The van der Waals surface area contributed by atoms with E-state index in [2.05, 4.69) is 4.57 Å². The van der Waals surface area contributed by atoms with Gasteiger partial charge in [-0.15, -0.1) is 0 Å². The first-order valence-corrected chi connectivity index (χ1v) is 8.49. The highest BCUT2D eigenvalue weighted by atomic mass is 16.5. The first-order valence-electron chi connectivity index (χ1n) is 8.49. The van der Waals surface area contributed by atoms with Crippen molar-refractivity contribution in [3.8, 4) is 5.75 Å². The minimum atomic E-state index is -0.419. The molecule has 0 N–H and O–H groups in total. The molecule has 0 atom stereocenters. The maximum absolute atomic E-state index is 12.4. The van der Waals surface area contributed by atoms with Crippen LogP contribution >= 0.6 is 0 Å². The molecule has 0 amide bonds. The number of carbonyl (C=O) groups is 2. The van der Waals surface area contributed by atoms with Crippen molar-refractivity contribution in [2.24, 2.45) is 0 Å². The number of rotatable bonds is 7. The third kappa shape index (κ3) is 3.92. The summed E-state index contributed by atoms with van der Waals surface area (Å²) in [6.07, 6.45) is 2.45. The van der Waals surface area contributed by atoms with Crippen LogP contribution in [0.3, 0.4) is 0 Å². The van der Waals surface area contributed by atoms with Crippen molar-refractivity contribution < 1.29 is 19.1 Å². The predicted octanol–water partition coefficient (Wildman–Crippen LogP) is 3.42. The highest BCUT2D eigenvalue weighted by Gasteiger charge is 2.28. The average Bonchev–Trinajstić information content (AvgIpc) is 3.38. The zero-order valence-corrected chi connectivity index (χ0v) is 14.9. The van der Waals surface area contributed by atoms with Gasteiger partial charge in [0.05, 0.1) is 13.5 Å². The lowest BCUT2D eigenvalue weighted by Gasteiger charge is -2.08. The van der Waals surface area contributed by atoms with Crippen molar-refractivity contribution >= 4 is 11.8 Å². The van der Waals surface area contributed by atoms with Gasteiger partial charge in [0.15, 0.2) is 6.61 Å². The second-order valence-corrected chi connectivity index (χ2v) is 6.50. The van der Waals surface area contributed by atoms with Crippen LogP contribution in [0, 0.1) is 13.8 Å². The molecule has 1 fully saturated rings. The van der Waals surface area contributed by atoms with Gasteiger partial charge in [0.1, 0.15) is 5.75 Å². The Labute approximate surface area is 147 Å². The van der Waals surface area contributed by atoms with E-state index in [0.717, 1.165) is 17.0 Å². The lowest BCUT2D eigenvalue weighted by Crippen LogP contribution is -2.16. The van der Waals surface area contributed by atoms with Gasteiger partial charge in [0.25, 0.3) is 0 Å². The molecule has 1 aromatic carbocycles. The van der Waals surface area contributed by atoms with Gasteiger partial charge in [0.2, 0.25) is 5.78 Å². The van der Waals surface area contributed by atoms with Crippen molar-refractivity contribution in [1.29, 1.82) is 0 Å². The third-order valence-electron chi connectivity index (χ3n) is 4.54. The Morgan fingerprint density at radius 1 is 1.20 bits per heavy atom. The van der Waals surface area contributed by atoms with E-state index in [4.69, 9.17) is 9.47 Å². The molecule has 5 nitrogen and oxygen atoms in total. The second-order valence-electron chi connectivity index (χ2n) is 6.50. The van der Waals surface area contributed by atoms with Crippen LogP contribution in [0.15, 0.2) is 30.3 Å². The molecular weight excluding hydrogens is 318 g/mol. The number of hydrogen-bond donors (Lipinski definition) is 0. The Kier molecular flexibility index (Phi) is 4.93. The molecule has 0 bridgehead atoms. The molecule has 1 aliphatic carbocycles. The fourth-order valence-corrected chi connectivity index (χ4v) is 3.18.